The van der Waals surface area contributed by atoms with Crippen molar-refractivity contribution in [2.24, 2.45) is 0 Å². The minimum atomic E-state index is -0.494. The molecule has 5 heteroatoms. The molecular weight excluding hydrogens is 232 g/mol. The largest absolute Gasteiger partial charge is 0.468 e. The normalized spacial score (nSPS) is 12.1. The van der Waals surface area contributed by atoms with Gasteiger partial charge in [0.2, 0.25) is 0 Å². The van der Waals surface area contributed by atoms with Crippen LogP contribution in [0, 0.1) is 0 Å². The first-order chi connectivity index (χ1) is 8.81. The van der Waals surface area contributed by atoms with E-state index in [1.807, 2.05) is 30.3 Å². The van der Waals surface area contributed by atoms with Crippen LogP contribution < -0.4 is 5.32 Å². The van der Waals surface area contributed by atoms with Crippen LogP contribution in [-0.2, 0) is 16.1 Å². The van der Waals surface area contributed by atoms with Crippen LogP contribution in [0.25, 0.3) is 0 Å². The van der Waals surface area contributed by atoms with Gasteiger partial charge in [-0.1, -0.05) is 35.5 Å². The lowest BCUT2D eigenvalue weighted by Gasteiger charge is -2.16. The molecule has 2 rings (SSSR count). The highest BCUT2D eigenvalue weighted by Crippen LogP contribution is 2.14. The van der Waals surface area contributed by atoms with E-state index in [9.17, 15) is 4.79 Å². The molecule has 5 nitrogen and oxygen atoms in total. The number of nitrogens with zero attached hydrogens (tertiary/aromatic N) is 1. The van der Waals surface area contributed by atoms with Crippen molar-refractivity contribution in [1.82, 2.24) is 10.5 Å². The van der Waals surface area contributed by atoms with Gasteiger partial charge < -0.3 is 9.26 Å². The van der Waals surface area contributed by atoms with E-state index in [0.29, 0.717) is 6.54 Å². The molecule has 0 amide bonds. The van der Waals surface area contributed by atoms with E-state index in [4.69, 9.17) is 9.26 Å². The fourth-order valence-corrected chi connectivity index (χ4v) is 1.63. The monoisotopic (exact) mass is 246 g/mol. The summed E-state index contributed by atoms with van der Waals surface area (Å²) in [6, 6.07) is 8.92. The Labute approximate surface area is 105 Å². The zero-order valence-corrected chi connectivity index (χ0v) is 10.00. The first-order valence-corrected chi connectivity index (χ1v) is 5.55. The van der Waals surface area contributed by atoms with Crippen molar-refractivity contribution in [2.45, 2.75) is 12.6 Å². The Kier molecular flexibility index (Phi) is 4.09. The maximum atomic E-state index is 11.7. The molecule has 0 saturated carbocycles. The quantitative estimate of drug-likeness (QED) is 0.813. The van der Waals surface area contributed by atoms with E-state index in [0.717, 1.165) is 11.1 Å². The van der Waals surface area contributed by atoms with Crippen LogP contribution in [0.2, 0.25) is 0 Å². The summed E-state index contributed by atoms with van der Waals surface area (Å²) in [5.41, 5.74) is 1.74. The molecule has 2 aromatic rings. The number of rotatable bonds is 5. The lowest BCUT2D eigenvalue weighted by molar-refractivity contribution is -0.143. The van der Waals surface area contributed by atoms with E-state index in [-0.39, 0.29) is 5.97 Å². The van der Waals surface area contributed by atoms with Crippen molar-refractivity contribution >= 4 is 5.97 Å². The lowest BCUT2D eigenvalue weighted by atomic mass is 10.1. The van der Waals surface area contributed by atoms with E-state index >= 15 is 0 Å². The van der Waals surface area contributed by atoms with Crippen molar-refractivity contribution in [3.63, 3.8) is 0 Å². The summed E-state index contributed by atoms with van der Waals surface area (Å²) >= 11 is 0. The summed E-state index contributed by atoms with van der Waals surface area (Å²) in [7, 11) is 1.37. The second-order valence-electron chi connectivity index (χ2n) is 3.78. The van der Waals surface area contributed by atoms with Crippen molar-refractivity contribution in [3.8, 4) is 0 Å². The molecule has 94 valence electrons. The van der Waals surface area contributed by atoms with Crippen LogP contribution in [0.3, 0.4) is 0 Å². The van der Waals surface area contributed by atoms with Crippen molar-refractivity contribution in [2.75, 3.05) is 7.11 Å². The van der Waals surface area contributed by atoms with Gasteiger partial charge in [-0.25, -0.2) is 4.79 Å². The summed E-state index contributed by atoms with van der Waals surface area (Å²) < 4.78 is 9.53. The number of nitrogens with one attached hydrogen (secondary N) is 1. The maximum Gasteiger partial charge on any atom is 0.327 e. The van der Waals surface area contributed by atoms with Crippen molar-refractivity contribution in [3.05, 3.63) is 53.9 Å². The zero-order chi connectivity index (χ0) is 12.8. The Balaban J connectivity index is 2.09. The second kappa shape index (κ2) is 5.97. The molecule has 1 heterocycles. The van der Waals surface area contributed by atoms with Crippen LogP contribution in [0.5, 0.6) is 0 Å². The van der Waals surface area contributed by atoms with Crippen LogP contribution in [0.1, 0.15) is 17.2 Å². The zero-order valence-electron chi connectivity index (χ0n) is 10.00. The Morgan fingerprint density at radius 1 is 1.44 bits per heavy atom. The Bertz CT molecular complexity index is 482. The van der Waals surface area contributed by atoms with Crippen LogP contribution in [-0.4, -0.2) is 18.2 Å². The molecule has 0 aliphatic carbocycles. The minimum Gasteiger partial charge on any atom is -0.468 e. The van der Waals surface area contributed by atoms with Gasteiger partial charge in [0.1, 0.15) is 12.3 Å². The number of methoxy groups -OCH3 is 1. The number of ether oxygens (including phenoxy) is 1. The summed E-state index contributed by atoms with van der Waals surface area (Å²) in [6.07, 6.45) is 3.14. The summed E-state index contributed by atoms with van der Waals surface area (Å²) in [4.78, 5) is 11.7. The molecule has 1 aromatic carbocycles. The van der Waals surface area contributed by atoms with E-state index in [1.165, 1.54) is 13.4 Å². The molecule has 0 fully saturated rings. The van der Waals surface area contributed by atoms with E-state index in [2.05, 4.69) is 10.5 Å². The van der Waals surface area contributed by atoms with Crippen LogP contribution in [0.15, 0.2) is 47.3 Å². The summed E-state index contributed by atoms with van der Waals surface area (Å²) in [5, 5.41) is 6.72. The molecule has 18 heavy (non-hydrogen) atoms. The average molecular weight is 246 g/mol. The molecule has 1 atom stereocenters. The van der Waals surface area contributed by atoms with Gasteiger partial charge in [-0.15, -0.1) is 0 Å². The molecule has 0 radical (unpaired) electrons. The predicted molar refractivity (Wildman–Crippen MR) is 64.5 cm³/mol. The van der Waals surface area contributed by atoms with Crippen molar-refractivity contribution in [1.29, 1.82) is 0 Å². The summed E-state index contributed by atoms with van der Waals surface area (Å²) in [5.74, 6) is -0.322. The molecule has 0 aliphatic heterocycles. The van der Waals surface area contributed by atoms with Crippen LogP contribution >= 0.6 is 0 Å². The highest BCUT2D eigenvalue weighted by molar-refractivity contribution is 5.77. The van der Waals surface area contributed by atoms with E-state index in [1.54, 1.807) is 6.20 Å². The maximum absolute atomic E-state index is 11.7. The molecule has 1 unspecified atom stereocenters. The number of carbonyl (C=O) groups is 1. The Morgan fingerprint density at radius 2 is 2.22 bits per heavy atom. The van der Waals surface area contributed by atoms with Gasteiger partial charge in [-0.05, 0) is 5.56 Å². The molecule has 0 spiro atoms. The number of hydrogen-bond acceptors (Lipinski definition) is 5. The third-order valence-corrected chi connectivity index (χ3v) is 2.56. The molecule has 0 aliphatic rings. The SMILES string of the molecule is COC(=O)C(NCc1cnoc1)c1ccccc1. The van der Waals surface area contributed by atoms with Gasteiger partial charge in [-0.3, -0.25) is 5.32 Å². The van der Waals surface area contributed by atoms with Gasteiger partial charge >= 0.3 is 5.97 Å². The summed E-state index contributed by atoms with van der Waals surface area (Å²) in [6.45, 7) is 0.484. The van der Waals surface area contributed by atoms with Gasteiger partial charge in [0.05, 0.1) is 13.3 Å². The average Bonchev–Trinajstić information content (AvgIpc) is 2.93. The van der Waals surface area contributed by atoms with Gasteiger partial charge in [-0.2, -0.15) is 0 Å². The molecule has 1 aromatic heterocycles. The highest BCUT2D eigenvalue weighted by Gasteiger charge is 2.20. The van der Waals surface area contributed by atoms with Gasteiger partial charge in [0.25, 0.3) is 0 Å². The van der Waals surface area contributed by atoms with Gasteiger partial charge in [0, 0.05) is 12.1 Å². The molecule has 0 saturated heterocycles. The minimum absolute atomic E-state index is 0.322. The fraction of sp³-hybridized carbons (Fsp3) is 0.231. The first kappa shape index (κ1) is 12.3. The Hall–Kier alpha value is -2.14. The number of aromatic nitrogens is 1. The van der Waals surface area contributed by atoms with Crippen molar-refractivity contribution < 1.29 is 14.1 Å². The lowest BCUT2D eigenvalue weighted by Crippen LogP contribution is -2.29. The number of carbonyl (C=O) groups excluding carboxylic acids is 1. The fourth-order valence-electron chi connectivity index (χ4n) is 1.63. The number of hydrogen-bond donors (Lipinski definition) is 1. The number of esters is 1. The predicted octanol–water partition coefficient (Wildman–Crippen LogP) is 1.68. The third-order valence-electron chi connectivity index (χ3n) is 2.56. The smallest absolute Gasteiger partial charge is 0.327 e. The standard InChI is InChI=1S/C13H14N2O3/c1-17-13(16)12(11-5-3-2-4-6-11)14-7-10-8-15-18-9-10/h2-6,8-9,12,14H,7H2,1H3. The topological polar surface area (TPSA) is 64.4 Å². The van der Waals surface area contributed by atoms with E-state index < -0.39 is 6.04 Å². The molecule has 0 bridgehead atoms. The van der Waals surface area contributed by atoms with Gasteiger partial charge in [0.15, 0.2) is 0 Å². The van der Waals surface area contributed by atoms with Crippen LogP contribution in [0.4, 0.5) is 0 Å². The number of benzene rings is 1. The second-order valence-corrected chi connectivity index (χ2v) is 3.78. The first-order valence-electron chi connectivity index (χ1n) is 5.55. The third kappa shape index (κ3) is 2.95. The Morgan fingerprint density at radius 3 is 2.83 bits per heavy atom. The molecular formula is C13H14N2O3. The molecule has 1 N–H and O–H groups in total. The highest BCUT2D eigenvalue weighted by atomic mass is 16.5.